The molecule has 0 bridgehead atoms. The van der Waals surface area contributed by atoms with Crippen LogP contribution >= 0.6 is 0 Å². The molecule has 0 fully saturated rings. The highest BCUT2D eigenvalue weighted by molar-refractivity contribution is 5.73. The van der Waals surface area contributed by atoms with Gasteiger partial charge in [0.05, 0.1) is 6.54 Å². The molecule has 0 aliphatic rings. The van der Waals surface area contributed by atoms with E-state index in [0.717, 1.165) is 0 Å². The van der Waals surface area contributed by atoms with Crippen molar-refractivity contribution >= 4 is 5.97 Å². The zero-order chi connectivity index (χ0) is 12.0. The predicted octanol–water partition coefficient (Wildman–Crippen LogP) is 0.846. The monoisotopic (exact) mass is 221 g/mol. The van der Waals surface area contributed by atoms with Crippen molar-refractivity contribution in [2.24, 2.45) is 10.8 Å². The lowest BCUT2D eigenvalue weighted by Gasteiger charge is -2.06. The fourth-order valence-corrected chi connectivity index (χ4v) is 1.15. The Bertz CT molecular complexity index is 428. The smallest absolute Gasteiger partial charge is 0.320 e. The van der Waals surface area contributed by atoms with Crippen LogP contribution in [0.25, 0.3) is 10.4 Å². The van der Waals surface area contributed by atoms with Gasteiger partial charge in [-0.05, 0) is 17.7 Å². The molecule has 1 heterocycles. The number of hydrogen-bond acceptors (Lipinski definition) is 4. The number of azide groups is 1. The molecule has 7 heteroatoms. The minimum Gasteiger partial charge on any atom is -0.480 e. The third-order valence-electron chi connectivity index (χ3n) is 1.91. The minimum atomic E-state index is -1.07. The largest absolute Gasteiger partial charge is 0.480 e. The molecule has 0 unspecified atom stereocenters. The molecule has 1 aromatic heterocycles. The summed E-state index contributed by atoms with van der Waals surface area (Å²) in [6, 6.07) is 4.13. The van der Waals surface area contributed by atoms with Gasteiger partial charge in [0.25, 0.3) is 0 Å². The lowest BCUT2D eigenvalue weighted by atomic mass is 10.1. The van der Waals surface area contributed by atoms with Crippen molar-refractivity contribution in [1.82, 2.24) is 4.98 Å². The molecule has 0 aliphatic heterocycles. The zero-order valence-corrected chi connectivity index (χ0v) is 8.45. The molecule has 0 radical (unpaired) electrons. The van der Waals surface area contributed by atoms with E-state index in [0.29, 0.717) is 11.4 Å². The molecule has 1 aromatic rings. The van der Waals surface area contributed by atoms with Crippen LogP contribution in [0, 0.1) is 0 Å². The Hall–Kier alpha value is -2.11. The van der Waals surface area contributed by atoms with Crippen molar-refractivity contribution in [3.05, 3.63) is 40.0 Å². The van der Waals surface area contributed by atoms with E-state index < -0.39 is 12.0 Å². The number of rotatable bonds is 5. The molecule has 0 aromatic carbocycles. The molecule has 0 aliphatic carbocycles. The van der Waals surface area contributed by atoms with Crippen LogP contribution in [-0.2, 0) is 17.8 Å². The highest BCUT2D eigenvalue weighted by Crippen LogP contribution is 2.03. The first-order valence-corrected chi connectivity index (χ1v) is 4.57. The first-order chi connectivity index (χ1) is 7.63. The first-order valence-electron chi connectivity index (χ1n) is 4.57. The second-order valence-electron chi connectivity index (χ2n) is 3.16. The Morgan fingerprint density at radius 3 is 2.94 bits per heavy atom. The normalized spacial score (nSPS) is 11.6. The summed E-state index contributed by atoms with van der Waals surface area (Å²) in [5, 5.41) is 12.0. The number of aliphatic carboxylic acids is 1. The summed E-state index contributed by atoms with van der Waals surface area (Å²) in [5.41, 5.74) is 14.7. The van der Waals surface area contributed by atoms with Crippen molar-refractivity contribution in [3.8, 4) is 0 Å². The maximum atomic E-state index is 10.5. The van der Waals surface area contributed by atoms with E-state index in [1.807, 2.05) is 0 Å². The van der Waals surface area contributed by atoms with Gasteiger partial charge in [-0.2, -0.15) is 0 Å². The van der Waals surface area contributed by atoms with Gasteiger partial charge in [-0.25, -0.2) is 0 Å². The number of pyridine rings is 1. The molecule has 1 rings (SSSR count). The average Bonchev–Trinajstić information content (AvgIpc) is 2.26. The van der Waals surface area contributed by atoms with Crippen LogP contribution in [0.3, 0.4) is 0 Å². The van der Waals surface area contributed by atoms with E-state index in [1.54, 1.807) is 18.2 Å². The van der Waals surface area contributed by atoms with Gasteiger partial charge in [0, 0.05) is 22.7 Å². The first kappa shape index (κ1) is 12.0. The molecule has 0 spiro atoms. The van der Waals surface area contributed by atoms with Crippen molar-refractivity contribution in [3.63, 3.8) is 0 Å². The molecular weight excluding hydrogens is 210 g/mol. The van der Waals surface area contributed by atoms with Gasteiger partial charge < -0.3 is 10.8 Å². The van der Waals surface area contributed by atoms with Crippen molar-refractivity contribution in [2.45, 2.75) is 19.0 Å². The number of carboxylic acids is 1. The summed E-state index contributed by atoms with van der Waals surface area (Å²) in [4.78, 5) is 17.3. The molecule has 0 amide bonds. The molecular formula is C9H11N5O2. The predicted molar refractivity (Wildman–Crippen MR) is 56.4 cm³/mol. The van der Waals surface area contributed by atoms with Crippen LogP contribution in [0.4, 0.5) is 0 Å². The lowest BCUT2D eigenvalue weighted by Crippen LogP contribution is -2.32. The Morgan fingerprint density at radius 2 is 2.31 bits per heavy atom. The fraction of sp³-hybridized carbons (Fsp3) is 0.333. The summed E-state index contributed by atoms with van der Waals surface area (Å²) in [7, 11) is 0. The standard InChI is InChI=1S/C9H11N5O2/c10-8(9(15)16)4-6-2-1-3-7(13-6)5-12-14-11/h1-3,8H,4-5,10H2,(H,15,16)/t8-/m0/s1. The van der Waals surface area contributed by atoms with Crippen LogP contribution in [0.1, 0.15) is 11.4 Å². The molecule has 1 atom stereocenters. The molecule has 0 saturated carbocycles. The van der Waals surface area contributed by atoms with E-state index in [4.69, 9.17) is 16.4 Å². The SMILES string of the molecule is [N-]=[N+]=NCc1cccc(C[C@H](N)C(=O)O)n1. The topological polar surface area (TPSA) is 125 Å². The second-order valence-corrected chi connectivity index (χ2v) is 3.16. The number of nitrogens with zero attached hydrogens (tertiary/aromatic N) is 4. The molecule has 7 nitrogen and oxygen atoms in total. The third kappa shape index (κ3) is 3.56. The van der Waals surface area contributed by atoms with E-state index in [-0.39, 0.29) is 13.0 Å². The highest BCUT2D eigenvalue weighted by atomic mass is 16.4. The summed E-state index contributed by atoms with van der Waals surface area (Å²) < 4.78 is 0. The molecule has 84 valence electrons. The Kier molecular flexibility index (Phi) is 4.26. The second kappa shape index (κ2) is 5.69. The van der Waals surface area contributed by atoms with Crippen LogP contribution in [0.2, 0.25) is 0 Å². The molecule has 16 heavy (non-hydrogen) atoms. The Balaban J connectivity index is 2.74. The maximum Gasteiger partial charge on any atom is 0.320 e. The third-order valence-corrected chi connectivity index (χ3v) is 1.91. The number of carbonyl (C=O) groups is 1. The molecule has 0 saturated heterocycles. The average molecular weight is 221 g/mol. The lowest BCUT2D eigenvalue weighted by molar-refractivity contribution is -0.138. The number of carboxylic acid groups (broad SMARTS) is 1. The van der Waals surface area contributed by atoms with Gasteiger partial charge in [0.15, 0.2) is 0 Å². The summed E-state index contributed by atoms with van der Waals surface area (Å²) in [5.74, 6) is -1.07. The van der Waals surface area contributed by atoms with Crippen LogP contribution in [0.5, 0.6) is 0 Å². The van der Waals surface area contributed by atoms with E-state index in [2.05, 4.69) is 15.0 Å². The van der Waals surface area contributed by atoms with Gasteiger partial charge in [-0.15, -0.1) is 0 Å². The molecule has 3 N–H and O–H groups in total. The van der Waals surface area contributed by atoms with E-state index in [9.17, 15) is 4.79 Å². The van der Waals surface area contributed by atoms with Gasteiger partial charge in [0.2, 0.25) is 0 Å². The number of aromatic nitrogens is 1. The highest BCUT2D eigenvalue weighted by Gasteiger charge is 2.12. The Labute approximate surface area is 91.5 Å². The summed E-state index contributed by atoms with van der Waals surface area (Å²) >= 11 is 0. The Morgan fingerprint density at radius 1 is 1.62 bits per heavy atom. The van der Waals surface area contributed by atoms with Gasteiger partial charge in [0.1, 0.15) is 6.04 Å². The van der Waals surface area contributed by atoms with E-state index in [1.165, 1.54) is 0 Å². The zero-order valence-electron chi connectivity index (χ0n) is 8.45. The maximum absolute atomic E-state index is 10.5. The van der Waals surface area contributed by atoms with Crippen molar-refractivity contribution in [1.29, 1.82) is 0 Å². The fourth-order valence-electron chi connectivity index (χ4n) is 1.15. The van der Waals surface area contributed by atoms with Gasteiger partial charge >= 0.3 is 5.97 Å². The quantitative estimate of drug-likeness (QED) is 0.434. The number of hydrogen-bond donors (Lipinski definition) is 2. The minimum absolute atomic E-state index is 0.145. The summed E-state index contributed by atoms with van der Waals surface area (Å²) in [6.07, 6.45) is 0.152. The summed E-state index contributed by atoms with van der Waals surface area (Å²) in [6.45, 7) is 0.145. The van der Waals surface area contributed by atoms with Crippen molar-refractivity contribution < 1.29 is 9.90 Å². The van der Waals surface area contributed by atoms with Crippen LogP contribution < -0.4 is 5.73 Å². The van der Waals surface area contributed by atoms with E-state index >= 15 is 0 Å². The van der Waals surface area contributed by atoms with Gasteiger partial charge in [-0.1, -0.05) is 11.2 Å². The van der Waals surface area contributed by atoms with Crippen LogP contribution in [0.15, 0.2) is 23.3 Å². The van der Waals surface area contributed by atoms with Crippen molar-refractivity contribution in [2.75, 3.05) is 0 Å². The van der Waals surface area contributed by atoms with Gasteiger partial charge in [-0.3, -0.25) is 9.78 Å². The van der Waals surface area contributed by atoms with Crippen LogP contribution in [-0.4, -0.2) is 22.1 Å². The number of nitrogens with two attached hydrogens (primary N) is 1.